The number of hydrogen-bond acceptors (Lipinski definition) is 6. The third-order valence-electron chi connectivity index (χ3n) is 3.17. The van der Waals surface area contributed by atoms with E-state index in [1.807, 2.05) is 0 Å². The van der Waals surface area contributed by atoms with Gasteiger partial charge in [-0.25, -0.2) is 13.1 Å². The summed E-state index contributed by atoms with van der Waals surface area (Å²) in [5.74, 6) is -1.32. The molecule has 0 radical (unpaired) electrons. The van der Waals surface area contributed by atoms with Gasteiger partial charge >= 0.3 is 0 Å². The van der Waals surface area contributed by atoms with E-state index >= 15 is 0 Å². The van der Waals surface area contributed by atoms with Crippen molar-refractivity contribution < 1.29 is 27.2 Å². The summed E-state index contributed by atoms with van der Waals surface area (Å²) in [6, 6.07) is 2.50. The Morgan fingerprint density at radius 3 is 2.58 bits per heavy atom. The average molecular weight is 359 g/mol. The fourth-order valence-corrected chi connectivity index (χ4v) is 3.55. The van der Waals surface area contributed by atoms with Crippen molar-refractivity contribution in [2.24, 2.45) is 5.73 Å². The predicted molar refractivity (Wildman–Crippen MR) is 83.6 cm³/mol. The molecule has 3 N–H and O–H groups in total. The normalized spacial score (nSPS) is 19.3. The molecule has 2 amide bonds. The van der Waals surface area contributed by atoms with Crippen molar-refractivity contribution in [1.29, 1.82) is 0 Å². The van der Waals surface area contributed by atoms with Gasteiger partial charge < -0.3 is 19.8 Å². The fourth-order valence-electron chi connectivity index (χ4n) is 2.19. The molecule has 1 atom stereocenters. The molecule has 1 aromatic heterocycles. The fraction of sp³-hybridized carbons (Fsp3) is 0.571. The molecule has 10 heteroatoms. The molecule has 1 saturated heterocycles. The number of hydrogen-bond donors (Lipinski definition) is 2. The van der Waals surface area contributed by atoms with Crippen LogP contribution in [0, 0.1) is 0 Å². The number of primary amides is 1. The molecule has 0 saturated carbocycles. The van der Waals surface area contributed by atoms with Gasteiger partial charge in [0.2, 0.25) is 11.0 Å². The molecule has 9 nitrogen and oxygen atoms in total. The highest BCUT2D eigenvalue weighted by atomic mass is 32.2. The second kappa shape index (κ2) is 6.54. The Balaban J connectivity index is 2.15. The van der Waals surface area contributed by atoms with Crippen molar-refractivity contribution >= 4 is 21.8 Å². The van der Waals surface area contributed by atoms with E-state index in [1.165, 1.54) is 17.0 Å². The molecule has 1 fully saturated rings. The highest BCUT2D eigenvalue weighted by molar-refractivity contribution is 7.89. The third-order valence-corrected chi connectivity index (χ3v) is 4.80. The first-order valence-electron chi connectivity index (χ1n) is 7.33. The molecule has 0 bridgehead atoms. The highest BCUT2D eigenvalue weighted by Gasteiger charge is 2.31. The van der Waals surface area contributed by atoms with Crippen molar-refractivity contribution in [3.63, 3.8) is 0 Å². The quantitative estimate of drug-likeness (QED) is 0.757. The Hall–Kier alpha value is -1.91. The first-order chi connectivity index (χ1) is 11.0. The van der Waals surface area contributed by atoms with Crippen LogP contribution in [-0.4, -0.2) is 56.5 Å². The van der Waals surface area contributed by atoms with Gasteiger partial charge in [-0.2, -0.15) is 0 Å². The van der Waals surface area contributed by atoms with E-state index < -0.39 is 33.5 Å². The summed E-state index contributed by atoms with van der Waals surface area (Å²) in [6.45, 7) is 5.49. The molecule has 24 heavy (non-hydrogen) atoms. The molecule has 2 heterocycles. The summed E-state index contributed by atoms with van der Waals surface area (Å²) >= 11 is 0. The van der Waals surface area contributed by atoms with Crippen molar-refractivity contribution in [2.75, 3.05) is 19.7 Å². The van der Waals surface area contributed by atoms with Crippen LogP contribution in [0.5, 0.6) is 0 Å². The van der Waals surface area contributed by atoms with E-state index in [9.17, 15) is 18.0 Å². The molecule has 2 rings (SSSR count). The van der Waals surface area contributed by atoms with E-state index in [4.69, 9.17) is 14.9 Å². The number of nitrogens with one attached hydrogen (secondary N) is 1. The molecule has 1 aliphatic heterocycles. The predicted octanol–water partition coefficient (Wildman–Crippen LogP) is -0.317. The van der Waals surface area contributed by atoms with E-state index in [-0.39, 0.29) is 30.5 Å². The number of furan rings is 1. The minimum absolute atomic E-state index is 0.00279. The molecule has 0 aromatic carbocycles. The van der Waals surface area contributed by atoms with Crippen LogP contribution in [0.15, 0.2) is 21.6 Å². The van der Waals surface area contributed by atoms with E-state index in [1.54, 1.807) is 20.8 Å². The lowest BCUT2D eigenvalue weighted by atomic mass is 10.1. The lowest BCUT2D eigenvalue weighted by molar-refractivity contribution is -0.133. The number of nitrogens with zero attached hydrogens (tertiary/aromatic N) is 1. The summed E-state index contributed by atoms with van der Waals surface area (Å²) in [4.78, 5) is 24.9. The van der Waals surface area contributed by atoms with Crippen LogP contribution < -0.4 is 10.5 Å². The van der Waals surface area contributed by atoms with Crippen LogP contribution in [0.1, 0.15) is 31.3 Å². The zero-order chi connectivity index (χ0) is 18.1. The Morgan fingerprint density at radius 2 is 2.00 bits per heavy atom. The van der Waals surface area contributed by atoms with Gasteiger partial charge in [0.25, 0.3) is 15.9 Å². The summed E-state index contributed by atoms with van der Waals surface area (Å²) in [6.07, 6.45) is -0.886. The number of carbonyl (C=O) groups is 2. The van der Waals surface area contributed by atoms with Gasteiger partial charge in [0, 0.05) is 12.1 Å². The number of carbonyl (C=O) groups excluding carboxylic acids is 2. The van der Waals surface area contributed by atoms with Crippen molar-refractivity contribution in [3.8, 4) is 0 Å². The Labute approximate surface area is 140 Å². The molecule has 1 aliphatic rings. The Kier molecular flexibility index (Phi) is 5.02. The number of ether oxygens (including phenoxy) is 1. The van der Waals surface area contributed by atoms with Gasteiger partial charge in [0.1, 0.15) is 0 Å². The number of amides is 2. The monoisotopic (exact) mass is 359 g/mol. The van der Waals surface area contributed by atoms with Crippen LogP contribution in [0.2, 0.25) is 0 Å². The van der Waals surface area contributed by atoms with Gasteiger partial charge in [0.05, 0.1) is 13.2 Å². The molecule has 1 aromatic rings. The third kappa shape index (κ3) is 4.34. The maximum atomic E-state index is 12.4. The van der Waals surface area contributed by atoms with Crippen LogP contribution in [0.4, 0.5) is 0 Å². The van der Waals surface area contributed by atoms with Gasteiger partial charge in [-0.05, 0) is 32.9 Å². The maximum absolute atomic E-state index is 12.4. The van der Waals surface area contributed by atoms with Crippen LogP contribution in [0.3, 0.4) is 0 Å². The standard InChI is InChI=1S/C14H21N3O6S/c1-14(2,3)16-24(20,21)11-5-4-9(23-11)13(19)17-6-7-22-10(8-17)12(15)18/h4-5,10,16H,6-8H2,1-3H3,(H2,15,18)/t10-/m0/s1. The highest BCUT2D eigenvalue weighted by Crippen LogP contribution is 2.18. The summed E-state index contributed by atoms with van der Waals surface area (Å²) in [5.41, 5.74) is 4.49. The van der Waals surface area contributed by atoms with Crippen molar-refractivity contribution in [1.82, 2.24) is 9.62 Å². The molecule has 0 spiro atoms. The van der Waals surface area contributed by atoms with Crippen molar-refractivity contribution in [2.45, 2.75) is 37.5 Å². The molecule has 0 unspecified atom stereocenters. The summed E-state index contributed by atoms with van der Waals surface area (Å²) in [7, 11) is -3.87. The van der Waals surface area contributed by atoms with Gasteiger partial charge in [-0.15, -0.1) is 0 Å². The van der Waals surface area contributed by atoms with Gasteiger partial charge in [-0.1, -0.05) is 0 Å². The van der Waals surface area contributed by atoms with E-state index in [0.29, 0.717) is 0 Å². The molecule has 0 aliphatic carbocycles. The lowest BCUT2D eigenvalue weighted by Gasteiger charge is -2.30. The van der Waals surface area contributed by atoms with Crippen LogP contribution in [-0.2, 0) is 19.6 Å². The SMILES string of the molecule is CC(C)(C)NS(=O)(=O)c1ccc(C(=O)N2CCO[C@H](C(N)=O)C2)o1. The van der Waals surface area contributed by atoms with Crippen LogP contribution >= 0.6 is 0 Å². The minimum atomic E-state index is -3.87. The van der Waals surface area contributed by atoms with Crippen LogP contribution in [0.25, 0.3) is 0 Å². The number of sulfonamides is 1. The maximum Gasteiger partial charge on any atom is 0.289 e. The molecular formula is C14H21N3O6S. The second-order valence-corrected chi connectivity index (χ2v) is 8.10. The number of nitrogens with two attached hydrogens (primary N) is 1. The minimum Gasteiger partial charge on any atom is -0.438 e. The first kappa shape index (κ1) is 18.4. The van der Waals surface area contributed by atoms with Crippen molar-refractivity contribution in [3.05, 3.63) is 17.9 Å². The molecule has 134 valence electrons. The van der Waals surface area contributed by atoms with Gasteiger partial charge in [0.15, 0.2) is 11.9 Å². The van der Waals surface area contributed by atoms with E-state index in [2.05, 4.69) is 4.72 Å². The zero-order valence-electron chi connectivity index (χ0n) is 13.7. The zero-order valence-corrected chi connectivity index (χ0v) is 14.6. The summed E-state index contributed by atoms with van der Waals surface area (Å²) < 4.78 is 37.2. The number of morpholine rings is 1. The molecular weight excluding hydrogens is 338 g/mol. The number of rotatable bonds is 4. The van der Waals surface area contributed by atoms with Gasteiger partial charge in [-0.3, -0.25) is 9.59 Å². The lowest BCUT2D eigenvalue weighted by Crippen LogP contribution is -2.50. The average Bonchev–Trinajstić information content (AvgIpc) is 2.94. The Bertz CT molecular complexity index is 734. The first-order valence-corrected chi connectivity index (χ1v) is 8.82. The largest absolute Gasteiger partial charge is 0.438 e. The topological polar surface area (TPSA) is 132 Å². The Morgan fingerprint density at radius 1 is 1.33 bits per heavy atom. The second-order valence-electron chi connectivity index (χ2n) is 6.49. The summed E-state index contributed by atoms with van der Waals surface area (Å²) in [5, 5.41) is -0.347. The smallest absolute Gasteiger partial charge is 0.289 e. The van der Waals surface area contributed by atoms with E-state index in [0.717, 1.165) is 0 Å².